The topological polar surface area (TPSA) is 23.6 Å². The number of carbonyl (C=O) groups is 1. The third kappa shape index (κ3) is 3.49. The van der Waals surface area contributed by atoms with Gasteiger partial charge in [-0.2, -0.15) is 0 Å². The van der Waals surface area contributed by atoms with Gasteiger partial charge in [0, 0.05) is 52.4 Å². The van der Waals surface area contributed by atoms with Gasteiger partial charge < -0.3 is 9.80 Å². The van der Waals surface area contributed by atoms with Crippen molar-refractivity contribution in [2.45, 2.75) is 31.4 Å². The third-order valence-corrected chi connectivity index (χ3v) is 8.45. The average Bonchev–Trinajstić information content (AvgIpc) is 3.11. The number of carbonyl (C=O) groups excluding carboxylic acids is 1. The first kappa shape index (κ1) is 18.6. The van der Waals surface area contributed by atoms with Crippen LogP contribution < -0.4 is 4.90 Å². The fourth-order valence-corrected chi connectivity index (χ4v) is 7.15. The van der Waals surface area contributed by atoms with E-state index in [9.17, 15) is 4.79 Å². The van der Waals surface area contributed by atoms with Crippen LogP contribution in [-0.2, 0) is 23.4 Å². The Morgan fingerprint density at radius 2 is 1.86 bits per heavy atom. The third-order valence-electron chi connectivity index (χ3n) is 5.90. The molecule has 3 heterocycles. The molecular weight excluding hydrogens is 408 g/mol. The molecule has 0 radical (unpaired) electrons. The number of aryl methyl sites for hydroxylation is 1. The van der Waals surface area contributed by atoms with Crippen LogP contribution in [0.2, 0.25) is 5.02 Å². The summed E-state index contributed by atoms with van der Waals surface area (Å²) >= 11 is 9.78. The molecule has 0 saturated carbocycles. The van der Waals surface area contributed by atoms with Crippen LogP contribution in [0.1, 0.15) is 33.7 Å². The van der Waals surface area contributed by atoms with E-state index < -0.39 is 0 Å². The van der Waals surface area contributed by atoms with Gasteiger partial charge in [0.05, 0.1) is 4.91 Å². The first-order valence-electron chi connectivity index (χ1n) is 9.97. The van der Waals surface area contributed by atoms with Gasteiger partial charge in [-0.15, -0.1) is 23.1 Å². The summed E-state index contributed by atoms with van der Waals surface area (Å²) in [7, 11) is 0. The minimum absolute atomic E-state index is 0.202. The first-order valence-corrected chi connectivity index (χ1v) is 12.1. The van der Waals surface area contributed by atoms with E-state index in [1.54, 1.807) is 22.2 Å². The molecule has 1 aliphatic carbocycles. The van der Waals surface area contributed by atoms with Crippen LogP contribution in [0.5, 0.6) is 0 Å². The second kappa shape index (κ2) is 7.77. The number of amides is 1. The molecule has 0 spiro atoms. The molecule has 1 fully saturated rings. The van der Waals surface area contributed by atoms with Crippen LogP contribution >= 0.6 is 34.7 Å². The first-order chi connectivity index (χ1) is 13.7. The molecule has 28 heavy (non-hydrogen) atoms. The van der Waals surface area contributed by atoms with Crippen LogP contribution in [0.25, 0.3) is 6.08 Å². The van der Waals surface area contributed by atoms with Gasteiger partial charge in [0.25, 0.3) is 5.91 Å². The Kier molecular flexibility index (Phi) is 5.16. The zero-order valence-corrected chi connectivity index (χ0v) is 18.1. The van der Waals surface area contributed by atoms with Gasteiger partial charge in [0.15, 0.2) is 0 Å². The number of rotatable bonds is 2. The summed E-state index contributed by atoms with van der Waals surface area (Å²) in [6.45, 7) is 3.22. The standard InChI is InChI=1S/C22H23ClN2OS2/c23-15-4-3-5-16(12-15)24-8-10-25(11-9-24)22(26)21-13-20-18(14-27-21)17-6-1-2-7-19(17)28-20/h3-5,12-13H,1-2,6-11,14H2. The van der Waals surface area contributed by atoms with Crippen molar-refractivity contribution in [2.24, 2.45) is 0 Å². The lowest BCUT2D eigenvalue weighted by molar-refractivity contribution is -0.126. The minimum Gasteiger partial charge on any atom is -0.368 e. The van der Waals surface area contributed by atoms with Crippen LogP contribution in [0.3, 0.4) is 0 Å². The van der Waals surface area contributed by atoms with Crippen molar-refractivity contribution in [2.75, 3.05) is 31.1 Å². The van der Waals surface area contributed by atoms with Crippen molar-refractivity contribution in [3.8, 4) is 0 Å². The highest BCUT2D eigenvalue weighted by molar-refractivity contribution is 8.03. The van der Waals surface area contributed by atoms with Gasteiger partial charge in [0.1, 0.15) is 0 Å². The molecule has 1 saturated heterocycles. The quantitative estimate of drug-likeness (QED) is 0.652. The zero-order chi connectivity index (χ0) is 19.1. The van der Waals surface area contributed by atoms with Gasteiger partial charge in [0.2, 0.25) is 0 Å². The number of thiophene rings is 1. The van der Waals surface area contributed by atoms with E-state index in [0.717, 1.165) is 47.5 Å². The highest BCUT2D eigenvalue weighted by Crippen LogP contribution is 2.43. The number of benzene rings is 1. The summed E-state index contributed by atoms with van der Waals surface area (Å²) in [5.74, 6) is 1.16. The Labute approximate surface area is 179 Å². The van der Waals surface area contributed by atoms with E-state index in [-0.39, 0.29) is 5.91 Å². The van der Waals surface area contributed by atoms with Crippen molar-refractivity contribution in [3.05, 3.63) is 55.1 Å². The second-order valence-corrected chi connectivity index (χ2v) is 10.2. The summed E-state index contributed by atoms with van der Waals surface area (Å²) < 4.78 is 0. The van der Waals surface area contributed by atoms with E-state index in [1.165, 1.54) is 36.1 Å². The summed E-state index contributed by atoms with van der Waals surface area (Å²) in [6.07, 6.45) is 7.24. The molecule has 0 bridgehead atoms. The second-order valence-electron chi connectivity index (χ2n) is 7.61. The lowest BCUT2D eigenvalue weighted by atomic mass is 9.95. The molecule has 0 unspecified atom stereocenters. The Morgan fingerprint density at radius 3 is 2.68 bits per heavy atom. The number of piperazine rings is 1. The Bertz CT molecular complexity index is 944. The summed E-state index contributed by atoms with van der Waals surface area (Å²) in [5.41, 5.74) is 4.24. The molecular formula is C22H23ClN2OS2. The van der Waals surface area contributed by atoms with Crippen molar-refractivity contribution in [1.29, 1.82) is 0 Å². The Balaban J connectivity index is 1.28. The number of anilines is 1. The van der Waals surface area contributed by atoms with Crippen molar-refractivity contribution in [3.63, 3.8) is 0 Å². The molecule has 1 aromatic carbocycles. The number of nitrogens with zero attached hydrogens (tertiary/aromatic N) is 2. The maximum atomic E-state index is 13.1. The van der Waals surface area contributed by atoms with Gasteiger partial charge in [-0.05, 0) is 61.1 Å². The fourth-order valence-electron chi connectivity index (χ4n) is 4.36. The molecule has 1 aromatic heterocycles. The number of hydrogen-bond donors (Lipinski definition) is 0. The van der Waals surface area contributed by atoms with Gasteiger partial charge in [-0.25, -0.2) is 0 Å². The number of fused-ring (bicyclic) bond motifs is 3. The maximum Gasteiger partial charge on any atom is 0.260 e. The largest absolute Gasteiger partial charge is 0.368 e. The molecule has 3 nitrogen and oxygen atoms in total. The van der Waals surface area contributed by atoms with Crippen LogP contribution in [0, 0.1) is 0 Å². The molecule has 5 rings (SSSR count). The van der Waals surface area contributed by atoms with Gasteiger partial charge in [-0.3, -0.25) is 4.79 Å². The van der Waals surface area contributed by atoms with Crippen LogP contribution in [-0.4, -0.2) is 37.0 Å². The van der Waals surface area contributed by atoms with Gasteiger partial charge >= 0.3 is 0 Å². The molecule has 2 aromatic rings. The van der Waals surface area contributed by atoms with Crippen molar-refractivity contribution in [1.82, 2.24) is 4.90 Å². The molecule has 2 aliphatic heterocycles. The predicted molar refractivity (Wildman–Crippen MR) is 120 cm³/mol. The summed E-state index contributed by atoms with van der Waals surface area (Å²) in [4.78, 5) is 21.3. The minimum atomic E-state index is 0.202. The zero-order valence-electron chi connectivity index (χ0n) is 15.7. The van der Waals surface area contributed by atoms with E-state index >= 15 is 0 Å². The van der Waals surface area contributed by atoms with Crippen molar-refractivity contribution >= 4 is 52.4 Å². The SMILES string of the molecule is O=C(C1=Cc2sc3c(c2CS1)CCCC3)N1CCN(c2cccc(Cl)c2)CC1. The number of hydrogen-bond acceptors (Lipinski definition) is 4. The Morgan fingerprint density at radius 1 is 1.04 bits per heavy atom. The normalized spacial score (nSPS) is 19.1. The van der Waals surface area contributed by atoms with E-state index in [0.29, 0.717) is 0 Å². The van der Waals surface area contributed by atoms with Crippen LogP contribution in [0.15, 0.2) is 29.2 Å². The molecule has 146 valence electrons. The van der Waals surface area contributed by atoms with E-state index in [2.05, 4.69) is 17.0 Å². The molecule has 1 amide bonds. The molecule has 6 heteroatoms. The van der Waals surface area contributed by atoms with E-state index in [4.69, 9.17) is 11.6 Å². The monoisotopic (exact) mass is 430 g/mol. The summed E-state index contributed by atoms with van der Waals surface area (Å²) in [5, 5.41) is 0.759. The van der Waals surface area contributed by atoms with Crippen LogP contribution in [0.4, 0.5) is 5.69 Å². The average molecular weight is 431 g/mol. The van der Waals surface area contributed by atoms with Crippen molar-refractivity contribution < 1.29 is 4.79 Å². The number of halogens is 1. The Hall–Kier alpha value is -1.43. The smallest absolute Gasteiger partial charge is 0.260 e. The summed E-state index contributed by atoms with van der Waals surface area (Å²) in [6, 6.07) is 7.97. The molecule has 3 aliphatic rings. The van der Waals surface area contributed by atoms with E-state index in [1.807, 2.05) is 34.4 Å². The number of thioether (sulfide) groups is 1. The lowest BCUT2D eigenvalue weighted by Crippen LogP contribution is -2.49. The lowest BCUT2D eigenvalue weighted by Gasteiger charge is -2.36. The fraction of sp³-hybridized carbons (Fsp3) is 0.409. The van der Waals surface area contributed by atoms with Gasteiger partial charge in [-0.1, -0.05) is 17.7 Å². The highest BCUT2D eigenvalue weighted by Gasteiger charge is 2.28. The molecule has 0 atom stereocenters. The molecule has 0 N–H and O–H groups in total. The highest BCUT2D eigenvalue weighted by atomic mass is 35.5. The predicted octanol–water partition coefficient (Wildman–Crippen LogP) is 5.22. The maximum absolute atomic E-state index is 13.1.